The average Bonchev–Trinajstić information content (AvgIpc) is 1.63. The molecule has 6 heteroatoms. The lowest BCUT2D eigenvalue weighted by atomic mass is 10.4. The number of carbonyl (C=O) groups is 1. The molecular weight excluding hydrogens is 146 g/mol. The van der Waals surface area contributed by atoms with Crippen molar-refractivity contribution in [3.05, 3.63) is 6.61 Å². The van der Waals surface area contributed by atoms with E-state index in [9.17, 15) is 13.2 Å². The number of nitrogens with two attached hydrogens (primary N) is 1. The SMILES string of the molecule is NC(=O)C[CH]O[SH](=O)=O. The molecule has 0 rings (SSSR count). The summed E-state index contributed by atoms with van der Waals surface area (Å²) in [6.07, 6.45) is -0.191. The van der Waals surface area contributed by atoms with Crippen molar-refractivity contribution in [2.75, 3.05) is 0 Å². The Bertz CT molecular complexity index is 155. The van der Waals surface area contributed by atoms with Gasteiger partial charge in [-0.1, -0.05) is 0 Å². The average molecular weight is 152 g/mol. The monoisotopic (exact) mass is 152 g/mol. The second-order valence-electron chi connectivity index (χ2n) is 1.17. The van der Waals surface area contributed by atoms with Crippen LogP contribution in [0.25, 0.3) is 0 Å². The zero-order valence-electron chi connectivity index (χ0n) is 4.44. The molecule has 0 fully saturated rings. The molecule has 1 radical (unpaired) electrons. The number of amides is 1. The molecule has 0 heterocycles. The molecule has 0 atom stereocenters. The van der Waals surface area contributed by atoms with Crippen molar-refractivity contribution in [3.63, 3.8) is 0 Å². The van der Waals surface area contributed by atoms with E-state index in [-0.39, 0.29) is 6.42 Å². The molecule has 0 spiro atoms. The minimum atomic E-state index is -2.89. The van der Waals surface area contributed by atoms with Gasteiger partial charge >= 0.3 is 0 Å². The number of thiol groups is 1. The number of hydrogen-bond acceptors (Lipinski definition) is 4. The molecule has 5 nitrogen and oxygen atoms in total. The van der Waals surface area contributed by atoms with E-state index in [1.165, 1.54) is 0 Å². The second kappa shape index (κ2) is 4.28. The molecule has 0 saturated carbocycles. The van der Waals surface area contributed by atoms with Gasteiger partial charge in [0.05, 0.1) is 6.42 Å². The molecule has 0 aliphatic heterocycles. The maximum Gasteiger partial charge on any atom is 0.257 e. The van der Waals surface area contributed by atoms with Crippen LogP contribution in [-0.4, -0.2) is 14.3 Å². The first-order valence-electron chi connectivity index (χ1n) is 2.04. The molecule has 0 aromatic heterocycles. The van der Waals surface area contributed by atoms with E-state index in [0.717, 1.165) is 6.61 Å². The maximum atomic E-state index is 9.89. The number of carbonyl (C=O) groups excluding carboxylic acids is 1. The van der Waals surface area contributed by atoms with Gasteiger partial charge in [0.25, 0.3) is 11.0 Å². The molecule has 9 heavy (non-hydrogen) atoms. The van der Waals surface area contributed by atoms with Crippen molar-refractivity contribution in [2.45, 2.75) is 6.42 Å². The molecule has 1 amide bonds. The van der Waals surface area contributed by atoms with Crippen molar-refractivity contribution in [3.8, 4) is 0 Å². The van der Waals surface area contributed by atoms with Crippen LogP contribution in [0, 0.1) is 6.61 Å². The first-order valence-corrected chi connectivity index (χ1v) is 3.13. The fourth-order valence-corrected chi connectivity index (χ4v) is 0.377. The van der Waals surface area contributed by atoms with E-state index in [2.05, 4.69) is 9.92 Å². The summed E-state index contributed by atoms with van der Waals surface area (Å²) in [6, 6.07) is 0. The van der Waals surface area contributed by atoms with Gasteiger partial charge in [0, 0.05) is 0 Å². The summed E-state index contributed by atoms with van der Waals surface area (Å²) in [4.78, 5) is 9.89. The Morgan fingerprint density at radius 3 is 2.56 bits per heavy atom. The predicted octanol–water partition coefficient (Wildman–Crippen LogP) is -1.43. The number of hydrogen-bond donors (Lipinski definition) is 2. The van der Waals surface area contributed by atoms with E-state index < -0.39 is 16.9 Å². The van der Waals surface area contributed by atoms with Gasteiger partial charge < -0.3 is 5.73 Å². The molecule has 0 unspecified atom stereocenters. The van der Waals surface area contributed by atoms with Crippen LogP contribution in [0.3, 0.4) is 0 Å². The van der Waals surface area contributed by atoms with Crippen LogP contribution in [0.4, 0.5) is 0 Å². The van der Waals surface area contributed by atoms with E-state index >= 15 is 0 Å². The minimum absolute atomic E-state index is 0.191. The summed E-state index contributed by atoms with van der Waals surface area (Å²) in [7, 11) is -2.89. The van der Waals surface area contributed by atoms with Crippen LogP contribution < -0.4 is 5.73 Å². The first kappa shape index (κ1) is 8.38. The summed E-state index contributed by atoms with van der Waals surface area (Å²) in [5.41, 5.74) is 4.63. The molecule has 0 aliphatic carbocycles. The zero-order valence-corrected chi connectivity index (χ0v) is 5.34. The maximum absolute atomic E-state index is 9.89. The van der Waals surface area contributed by atoms with Gasteiger partial charge in [-0.25, -0.2) is 8.42 Å². The Balaban J connectivity index is 3.21. The summed E-state index contributed by atoms with van der Waals surface area (Å²) in [5.74, 6) is -0.633. The van der Waals surface area contributed by atoms with E-state index in [1.807, 2.05) is 0 Å². The van der Waals surface area contributed by atoms with Gasteiger partial charge in [-0.05, 0) is 0 Å². The van der Waals surface area contributed by atoms with Gasteiger partial charge in [-0.15, -0.1) is 0 Å². The second-order valence-corrected chi connectivity index (χ2v) is 1.82. The Morgan fingerprint density at radius 1 is 1.67 bits per heavy atom. The fourth-order valence-electron chi connectivity index (χ4n) is 0.180. The molecule has 0 aromatic rings. The highest BCUT2D eigenvalue weighted by Crippen LogP contribution is 1.86. The molecule has 2 N–H and O–H groups in total. The smallest absolute Gasteiger partial charge is 0.257 e. The van der Waals surface area contributed by atoms with Crippen molar-refractivity contribution in [1.29, 1.82) is 0 Å². The Labute approximate surface area is 54.0 Å². The van der Waals surface area contributed by atoms with E-state index in [0.29, 0.717) is 0 Å². The van der Waals surface area contributed by atoms with Crippen molar-refractivity contribution in [2.24, 2.45) is 5.73 Å². The Hall–Kier alpha value is -0.620. The van der Waals surface area contributed by atoms with Crippen LogP contribution in [0.1, 0.15) is 6.42 Å². The predicted molar refractivity (Wildman–Crippen MR) is 29.5 cm³/mol. The van der Waals surface area contributed by atoms with Crippen LogP contribution in [0.5, 0.6) is 0 Å². The summed E-state index contributed by atoms with van der Waals surface area (Å²) < 4.78 is 23.1. The largest absolute Gasteiger partial charge is 0.370 e. The standard InChI is InChI=1S/C3H6NO4S/c4-3(5)1-2-8-9(6)7/h2,9H,1H2,(H2,4,5). The first-order chi connectivity index (χ1) is 4.13. The lowest BCUT2D eigenvalue weighted by molar-refractivity contribution is -0.117. The van der Waals surface area contributed by atoms with Crippen LogP contribution >= 0.6 is 0 Å². The summed E-state index contributed by atoms with van der Waals surface area (Å²) >= 11 is 0. The van der Waals surface area contributed by atoms with Gasteiger partial charge in [-0.3, -0.25) is 8.98 Å². The molecule has 53 valence electrons. The quantitative estimate of drug-likeness (QED) is 0.483. The molecule has 0 aliphatic rings. The summed E-state index contributed by atoms with van der Waals surface area (Å²) in [5, 5.41) is 0. The van der Waals surface area contributed by atoms with Gasteiger partial charge in [0.15, 0.2) is 0 Å². The van der Waals surface area contributed by atoms with E-state index in [1.54, 1.807) is 0 Å². The third-order valence-electron chi connectivity index (χ3n) is 0.445. The van der Waals surface area contributed by atoms with Crippen LogP contribution in [-0.2, 0) is 20.0 Å². The van der Waals surface area contributed by atoms with Crippen molar-refractivity contribution < 1.29 is 17.4 Å². The van der Waals surface area contributed by atoms with Gasteiger partial charge in [0.2, 0.25) is 5.91 Å². The molecular formula is C3H6NO4S. The fraction of sp³-hybridized carbons (Fsp3) is 0.333. The molecule has 0 aromatic carbocycles. The highest BCUT2D eigenvalue weighted by atomic mass is 32.2. The highest BCUT2D eigenvalue weighted by Gasteiger charge is 1.93. The van der Waals surface area contributed by atoms with Crippen molar-refractivity contribution >= 4 is 16.9 Å². The minimum Gasteiger partial charge on any atom is -0.370 e. The third kappa shape index (κ3) is 7.38. The van der Waals surface area contributed by atoms with E-state index in [4.69, 9.17) is 0 Å². The summed E-state index contributed by atoms with van der Waals surface area (Å²) in [6.45, 7) is 0.827. The van der Waals surface area contributed by atoms with Crippen molar-refractivity contribution in [1.82, 2.24) is 0 Å². The van der Waals surface area contributed by atoms with Crippen LogP contribution in [0.15, 0.2) is 0 Å². The Morgan fingerprint density at radius 2 is 2.22 bits per heavy atom. The third-order valence-corrected chi connectivity index (χ3v) is 0.766. The van der Waals surface area contributed by atoms with Gasteiger partial charge in [0.1, 0.15) is 6.61 Å². The molecule has 0 bridgehead atoms. The normalized spacial score (nSPS) is 9.89. The lowest BCUT2D eigenvalue weighted by Crippen LogP contribution is -2.10. The highest BCUT2D eigenvalue weighted by molar-refractivity contribution is 7.67. The zero-order chi connectivity index (χ0) is 7.28. The lowest BCUT2D eigenvalue weighted by Gasteiger charge is -1.88. The molecule has 0 saturated heterocycles. The van der Waals surface area contributed by atoms with Crippen LogP contribution in [0.2, 0.25) is 0 Å². The number of rotatable bonds is 4. The number of primary amides is 1. The topological polar surface area (TPSA) is 86.5 Å². The van der Waals surface area contributed by atoms with Gasteiger partial charge in [-0.2, -0.15) is 0 Å². The Kier molecular flexibility index (Phi) is 3.98.